The molecule has 2 atom stereocenters. The van der Waals surface area contributed by atoms with Crippen molar-refractivity contribution in [3.05, 3.63) is 12.2 Å². The lowest BCUT2D eigenvalue weighted by atomic mass is 9.88. The van der Waals surface area contributed by atoms with E-state index in [4.69, 9.17) is 5.11 Å². The summed E-state index contributed by atoms with van der Waals surface area (Å²) in [5, 5.41) is 11.9. The highest BCUT2D eigenvalue weighted by molar-refractivity contribution is 5.75. The van der Waals surface area contributed by atoms with Crippen LogP contribution in [0.1, 0.15) is 45.4 Å². The Morgan fingerprint density at radius 2 is 1.95 bits per heavy atom. The molecule has 0 aromatic carbocycles. The van der Waals surface area contributed by atoms with Gasteiger partial charge < -0.3 is 15.3 Å². The fourth-order valence-electron chi connectivity index (χ4n) is 3.56. The first-order chi connectivity index (χ1) is 9.61. The number of nitrogens with zero attached hydrogens (tertiary/aromatic N) is 1. The summed E-state index contributed by atoms with van der Waals surface area (Å²) in [6.07, 6.45) is 8.82. The highest BCUT2D eigenvalue weighted by atomic mass is 16.4. The largest absolute Gasteiger partial charge is 0.481 e. The van der Waals surface area contributed by atoms with Crippen LogP contribution >= 0.6 is 0 Å². The molecule has 0 aromatic rings. The van der Waals surface area contributed by atoms with Gasteiger partial charge in [0.15, 0.2) is 0 Å². The summed E-state index contributed by atoms with van der Waals surface area (Å²) in [6, 6.07) is 0.496. The Labute approximate surface area is 120 Å². The molecule has 5 nitrogen and oxygen atoms in total. The summed E-state index contributed by atoms with van der Waals surface area (Å²) < 4.78 is 0. The zero-order valence-corrected chi connectivity index (χ0v) is 12.0. The van der Waals surface area contributed by atoms with Crippen LogP contribution in [0.25, 0.3) is 0 Å². The van der Waals surface area contributed by atoms with Crippen LogP contribution in [0, 0.1) is 5.92 Å². The van der Waals surface area contributed by atoms with Crippen molar-refractivity contribution in [2.24, 2.45) is 5.92 Å². The molecule has 0 spiro atoms. The average molecular weight is 280 g/mol. The number of urea groups is 1. The molecule has 2 saturated heterocycles. The van der Waals surface area contributed by atoms with Gasteiger partial charge in [0.25, 0.3) is 0 Å². The van der Waals surface area contributed by atoms with Crippen molar-refractivity contribution in [3.8, 4) is 0 Å². The van der Waals surface area contributed by atoms with Crippen LogP contribution in [0.4, 0.5) is 4.79 Å². The van der Waals surface area contributed by atoms with Crippen molar-refractivity contribution >= 4 is 12.0 Å². The fraction of sp³-hybridized carbons (Fsp3) is 0.733. The first-order valence-corrected chi connectivity index (χ1v) is 7.51. The number of carboxylic acids is 1. The van der Waals surface area contributed by atoms with Gasteiger partial charge in [-0.05, 0) is 44.9 Å². The molecule has 0 aliphatic carbocycles. The normalized spacial score (nSPS) is 28.9. The lowest BCUT2D eigenvalue weighted by Gasteiger charge is -2.38. The van der Waals surface area contributed by atoms with Crippen molar-refractivity contribution in [1.82, 2.24) is 10.2 Å². The van der Waals surface area contributed by atoms with Crippen LogP contribution < -0.4 is 5.32 Å². The van der Waals surface area contributed by atoms with Crippen molar-refractivity contribution in [2.75, 3.05) is 6.54 Å². The predicted octanol–water partition coefficient (Wildman–Crippen LogP) is 2.38. The van der Waals surface area contributed by atoms with Gasteiger partial charge >= 0.3 is 12.0 Å². The first kappa shape index (κ1) is 14.9. The van der Waals surface area contributed by atoms with E-state index in [1.165, 1.54) is 0 Å². The van der Waals surface area contributed by atoms with Crippen LogP contribution in [0.2, 0.25) is 0 Å². The molecule has 112 valence electrons. The molecule has 2 fully saturated rings. The fourth-order valence-corrected chi connectivity index (χ4v) is 3.56. The Balaban J connectivity index is 1.85. The number of amides is 2. The van der Waals surface area contributed by atoms with E-state index < -0.39 is 5.97 Å². The summed E-state index contributed by atoms with van der Waals surface area (Å²) in [4.78, 5) is 25.0. The molecule has 2 aliphatic heterocycles. The molecule has 2 rings (SSSR count). The number of carbonyl (C=O) groups is 2. The van der Waals surface area contributed by atoms with Crippen LogP contribution in [0.3, 0.4) is 0 Å². The predicted molar refractivity (Wildman–Crippen MR) is 76.5 cm³/mol. The number of nitrogens with one attached hydrogen (secondary N) is 1. The summed E-state index contributed by atoms with van der Waals surface area (Å²) in [7, 11) is 0. The highest BCUT2D eigenvalue weighted by Crippen LogP contribution is 2.39. The zero-order chi connectivity index (χ0) is 14.5. The summed E-state index contributed by atoms with van der Waals surface area (Å²) >= 11 is 0. The van der Waals surface area contributed by atoms with Gasteiger partial charge in [0.2, 0.25) is 0 Å². The van der Waals surface area contributed by atoms with E-state index in [9.17, 15) is 9.59 Å². The molecule has 2 N–H and O–H groups in total. The number of piperidine rings is 1. The molecule has 20 heavy (non-hydrogen) atoms. The maximum absolute atomic E-state index is 12.2. The minimum absolute atomic E-state index is 0.0239. The summed E-state index contributed by atoms with van der Waals surface area (Å²) in [5.41, 5.74) is 0. The van der Waals surface area contributed by atoms with E-state index in [0.29, 0.717) is 6.54 Å². The molecule has 0 radical (unpaired) electrons. The Hall–Kier alpha value is -1.52. The van der Waals surface area contributed by atoms with Crippen molar-refractivity contribution in [1.29, 1.82) is 0 Å². The van der Waals surface area contributed by atoms with Crippen LogP contribution in [-0.4, -0.2) is 40.6 Å². The van der Waals surface area contributed by atoms with Gasteiger partial charge in [-0.2, -0.15) is 0 Å². The van der Waals surface area contributed by atoms with E-state index in [1.54, 1.807) is 0 Å². The second-order valence-electron chi connectivity index (χ2n) is 5.82. The molecule has 2 heterocycles. The van der Waals surface area contributed by atoms with Gasteiger partial charge in [0.1, 0.15) is 0 Å². The maximum Gasteiger partial charge on any atom is 0.317 e. The third-order valence-corrected chi connectivity index (χ3v) is 4.35. The van der Waals surface area contributed by atoms with E-state index in [2.05, 4.69) is 5.32 Å². The number of carboxylic acid groups (broad SMARTS) is 1. The molecule has 2 bridgehead atoms. The SMILES string of the molecule is C/C=C/CCNC(=O)N1C2CCC1CC(CC(=O)O)C2. The summed E-state index contributed by atoms with van der Waals surface area (Å²) in [6.45, 7) is 2.63. The minimum atomic E-state index is -0.723. The number of hydrogen-bond donors (Lipinski definition) is 2. The van der Waals surface area contributed by atoms with Gasteiger partial charge in [-0.3, -0.25) is 4.79 Å². The average Bonchev–Trinajstić information content (AvgIpc) is 2.66. The topological polar surface area (TPSA) is 69.6 Å². The number of hydrogen-bond acceptors (Lipinski definition) is 2. The Bertz CT molecular complexity index is 381. The van der Waals surface area contributed by atoms with Crippen LogP contribution in [-0.2, 0) is 4.79 Å². The van der Waals surface area contributed by atoms with Gasteiger partial charge in [-0.15, -0.1) is 0 Å². The highest BCUT2D eigenvalue weighted by Gasteiger charge is 2.43. The molecule has 2 aliphatic rings. The van der Waals surface area contributed by atoms with E-state index >= 15 is 0 Å². The van der Waals surface area contributed by atoms with Gasteiger partial charge in [-0.1, -0.05) is 12.2 Å². The Morgan fingerprint density at radius 1 is 1.30 bits per heavy atom. The number of fused-ring (bicyclic) bond motifs is 2. The minimum Gasteiger partial charge on any atom is -0.481 e. The second kappa shape index (κ2) is 6.77. The molecule has 0 aromatic heterocycles. The first-order valence-electron chi connectivity index (χ1n) is 7.51. The molecular weight excluding hydrogens is 256 g/mol. The lowest BCUT2D eigenvalue weighted by Crippen LogP contribution is -2.51. The van der Waals surface area contributed by atoms with E-state index in [1.807, 2.05) is 24.0 Å². The van der Waals surface area contributed by atoms with Gasteiger partial charge in [0, 0.05) is 25.0 Å². The third-order valence-electron chi connectivity index (χ3n) is 4.35. The number of carbonyl (C=O) groups excluding carboxylic acids is 1. The Kier molecular flexibility index (Phi) is 5.04. The molecular formula is C15H24N2O3. The summed E-state index contributed by atoms with van der Waals surface area (Å²) in [5.74, 6) is -0.490. The number of allylic oxidation sites excluding steroid dienone is 1. The standard InChI is InChI=1S/C15H24N2O3/c1-2-3-4-7-16-15(20)17-12-5-6-13(17)9-11(8-12)10-14(18)19/h2-3,11-13H,4-10H2,1H3,(H,16,20)(H,18,19)/b3-2+. The quantitative estimate of drug-likeness (QED) is 0.600. The van der Waals surface area contributed by atoms with Gasteiger partial charge in [0.05, 0.1) is 0 Å². The monoisotopic (exact) mass is 280 g/mol. The second-order valence-corrected chi connectivity index (χ2v) is 5.82. The third kappa shape index (κ3) is 3.52. The van der Waals surface area contributed by atoms with Crippen LogP contribution in [0.5, 0.6) is 0 Å². The maximum atomic E-state index is 12.2. The number of rotatable bonds is 5. The molecule has 2 unspecified atom stereocenters. The van der Waals surface area contributed by atoms with Crippen molar-refractivity contribution < 1.29 is 14.7 Å². The van der Waals surface area contributed by atoms with Crippen LogP contribution in [0.15, 0.2) is 12.2 Å². The smallest absolute Gasteiger partial charge is 0.317 e. The van der Waals surface area contributed by atoms with Crippen molar-refractivity contribution in [3.63, 3.8) is 0 Å². The number of aliphatic carboxylic acids is 1. The van der Waals surface area contributed by atoms with Crippen molar-refractivity contribution in [2.45, 2.75) is 57.5 Å². The lowest BCUT2D eigenvalue weighted by molar-refractivity contribution is -0.138. The Morgan fingerprint density at radius 3 is 2.50 bits per heavy atom. The zero-order valence-electron chi connectivity index (χ0n) is 12.0. The molecule has 0 saturated carbocycles. The molecule has 5 heteroatoms. The van der Waals surface area contributed by atoms with E-state index in [-0.39, 0.29) is 30.5 Å². The van der Waals surface area contributed by atoms with Gasteiger partial charge in [-0.25, -0.2) is 4.79 Å². The van der Waals surface area contributed by atoms with E-state index in [0.717, 1.165) is 32.1 Å². The molecule has 2 amide bonds.